The Labute approximate surface area is 218 Å². The standard InChI is InChI=1S/C27H56O4SSi2/c1-16-32-26(29)24(28)25(31-34(18(2)3,19(4)5)20(6)7)22(9)17-21(8)23(10)30-33(14,15)27(11,12)13/h17-21,23-25,28H,16H2,1-15H3/b22-17+/t21-,23+,24-,25-/m1/s1. The van der Waals surface area contributed by atoms with Crippen molar-refractivity contribution in [3.63, 3.8) is 0 Å². The molecule has 0 aliphatic carbocycles. The van der Waals surface area contributed by atoms with Gasteiger partial charge in [0.1, 0.15) is 6.10 Å². The second-order valence-electron chi connectivity index (χ2n) is 12.4. The van der Waals surface area contributed by atoms with Crippen LogP contribution in [0.4, 0.5) is 0 Å². The number of thioether (sulfide) groups is 1. The molecule has 1 N–H and O–H groups in total. The Morgan fingerprint density at radius 1 is 0.941 bits per heavy atom. The number of hydrogen-bond donors (Lipinski definition) is 1. The number of rotatable bonds is 13. The van der Waals surface area contributed by atoms with Crippen molar-refractivity contribution in [2.24, 2.45) is 5.92 Å². The predicted octanol–water partition coefficient (Wildman–Crippen LogP) is 8.18. The summed E-state index contributed by atoms with van der Waals surface area (Å²) in [4.78, 5) is 12.8. The highest BCUT2D eigenvalue weighted by Crippen LogP contribution is 2.44. The lowest BCUT2D eigenvalue weighted by molar-refractivity contribution is -0.122. The topological polar surface area (TPSA) is 55.8 Å². The van der Waals surface area contributed by atoms with Gasteiger partial charge in [0.25, 0.3) is 0 Å². The minimum atomic E-state index is -2.31. The maximum Gasteiger partial charge on any atom is 0.220 e. The summed E-state index contributed by atoms with van der Waals surface area (Å²) in [6, 6.07) is 0. The second kappa shape index (κ2) is 13.6. The first-order chi connectivity index (χ1) is 15.3. The third-order valence-corrected chi connectivity index (χ3v) is 19.3. The molecule has 0 bridgehead atoms. The van der Waals surface area contributed by atoms with E-state index in [2.05, 4.69) is 95.3 Å². The largest absolute Gasteiger partial charge is 0.414 e. The molecule has 7 heteroatoms. The molecule has 202 valence electrons. The van der Waals surface area contributed by atoms with Gasteiger partial charge >= 0.3 is 0 Å². The van der Waals surface area contributed by atoms with Crippen molar-refractivity contribution < 1.29 is 18.8 Å². The smallest absolute Gasteiger partial charge is 0.220 e. The molecular weight excluding hydrogens is 477 g/mol. The van der Waals surface area contributed by atoms with Crippen molar-refractivity contribution in [3.05, 3.63) is 11.6 Å². The van der Waals surface area contributed by atoms with Gasteiger partial charge in [-0.1, -0.05) is 94.0 Å². The molecule has 0 spiro atoms. The van der Waals surface area contributed by atoms with E-state index in [1.54, 1.807) is 0 Å². The van der Waals surface area contributed by atoms with Gasteiger partial charge in [-0.3, -0.25) is 4.79 Å². The maximum atomic E-state index is 12.8. The predicted molar refractivity (Wildman–Crippen MR) is 156 cm³/mol. The van der Waals surface area contributed by atoms with E-state index in [9.17, 15) is 9.90 Å². The first kappa shape index (κ1) is 34.1. The van der Waals surface area contributed by atoms with E-state index in [4.69, 9.17) is 8.85 Å². The van der Waals surface area contributed by atoms with Gasteiger partial charge in [0.15, 0.2) is 14.4 Å². The van der Waals surface area contributed by atoms with Crippen LogP contribution in [0.5, 0.6) is 0 Å². The van der Waals surface area contributed by atoms with Gasteiger partial charge in [-0.2, -0.15) is 0 Å². The van der Waals surface area contributed by atoms with Crippen molar-refractivity contribution >= 4 is 33.5 Å². The normalized spacial score (nSPS) is 17.9. The molecule has 0 fully saturated rings. The van der Waals surface area contributed by atoms with Crippen molar-refractivity contribution in [1.29, 1.82) is 0 Å². The van der Waals surface area contributed by atoms with Gasteiger partial charge in [0, 0.05) is 6.10 Å². The molecule has 0 aromatic carbocycles. The van der Waals surface area contributed by atoms with Crippen LogP contribution in [0.15, 0.2) is 11.6 Å². The van der Waals surface area contributed by atoms with Gasteiger partial charge < -0.3 is 14.0 Å². The molecule has 0 radical (unpaired) electrons. The Bertz CT molecular complexity index is 646. The highest BCUT2D eigenvalue weighted by Gasteiger charge is 2.48. The van der Waals surface area contributed by atoms with Crippen LogP contribution in [0.25, 0.3) is 0 Å². The van der Waals surface area contributed by atoms with Gasteiger partial charge in [0.2, 0.25) is 13.4 Å². The zero-order chi connectivity index (χ0) is 27.2. The molecule has 0 aliphatic heterocycles. The highest BCUT2D eigenvalue weighted by molar-refractivity contribution is 8.13. The molecule has 34 heavy (non-hydrogen) atoms. The summed E-state index contributed by atoms with van der Waals surface area (Å²) in [6.07, 6.45) is 0.396. The third-order valence-electron chi connectivity index (χ3n) is 7.85. The molecule has 4 nitrogen and oxygen atoms in total. The first-order valence-corrected chi connectivity index (χ1v) is 19.2. The van der Waals surface area contributed by atoms with E-state index in [0.29, 0.717) is 22.4 Å². The molecule has 0 aliphatic rings. The molecule has 0 unspecified atom stereocenters. The zero-order valence-electron chi connectivity index (χ0n) is 24.9. The number of carbonyl (C=O) groups is 1. The Hall–Kier alpha value is 0.0738. The van der Waals surface area contributed by atoms with Crippen LogP contribution in [-0.2, 0) is 13.6 Å². The summed E-state index contributed by atoms with van der Waals surface area (Å²) in [5.41, 5.74) is 2.01. The van der Waals surface area contributed by atoms with Gasteiger partial charge in [-0.15, -0.1) is 0 Å². The Morgan fingerprint density at radius 2 is 1.38 bits per heavy atom. The zero-order valence-corrected chi connectivity index (χ0v) is 27.7. The molecule has 0 aromatic rings. The lowest BCUT2D eigenvalue weighted by Crippen LogP contribution is -2.53. The molecular formula is C27H56O4SSi2. The SMILES string of the molecule is CCSC(=O)[C@H](O)[C@H](O[Si](C(C)C)(C(C)C)C(C)C)/C(C)=C/[C@@H](C)[C@H](C)O[Si](C)(C)C(C)(C)C. The van der Waals surface area contributed by atoms with Crippen LogP contribution in [0.2, 0.25) is 34.8 Å². The summed E-state index contributed by atoms with van der Waals surface area (Å²) in [5, 5.41) is 11.1. The molecule has 0 amide bonds. The summed E-state index contributed by atoms with van der Waals surface area (Å²) in [6.45, 7) is 32.9. The highest BCUT2D eigenvalue weighted by atomic mass is 32.2. The van der Waals surface area contributed by atoms with Crippen molar-refractivity contribution in [2.75, 3.05) is 5.75 Å². The number of aliphatic hydroxyl groups excluding tert-OH is 1. The molecule has 0 heterocycles. The Morgan fingerprint density at radius 3 is 1.74 bits per heavy atom. The Balaban J connectivity index is 6.26. The average molecular weight is 533 g/mol. The summed E-state index contributed by atoms with van der Waals surface area (Å²) >= 11 is 1.17. The van der Waals surface area contributed by atoms with Crippen LogP contribution >= 0.6 is 11.8 Å². The molecule has 0 rings (SSSR count). The lowest BCUT2D eigenvalue weighted by atomic mass is 9.98. The number of aliphatic hydroxyl groups is 1. The fourth-order valence-corrected chi connectivity index (χ4v) is 12.4. The van der Waals surface area contributed by atoms with Crippen molar-refractivity contribution in [3.8, 4) is 0 Å². The number of hydrogen-bond acceptors (Lipinski definition) is 5. The molecule has 0 aromatic heterocycles. The van der Waals surface area contributed by atoms with E-state index in [-0.39, 0.29) is 22.2 Å². The lowest BCUT2D eigenvalue weighted by Gasteiger charge is -2.45. The minimum absolute atomic E-state index is 0.0386. The molecule has 0 saturated carbocycles. The summed E-state index contributed by atoms with van der Waals surface area (Å²) < 4.78 is 13.6. The van der Waals surface area contributed by atoms with Crippen LogP contribution < -0.4 is 0 Å². The summed E-state index contributed by atoms with van der Waals surface area (Å²) in [5.74, 6) is 0.773. The van der Waals surface area contributed by atoms with E-state index in [0.717, 1.165) is 5.57 Å². The van der Waals surface area contributed by atoms with Crippen LogP contribution in [0.3, 0.4) is 0 Å². The quantitative estimate of drug-likeness (QED) is 0.191. The Kier molecular flexibility index (Phi) is 13.6. The van der Waals surface area contributed by atoms with E-state index in [1.165, 1.54) is 11.8 Å². The van der Waals surface area contributed by atoms with E-state index >= 15 is 0 Å². The molecule has 4 atom stereocenters. The summed E-state index contributed by atoms with van der Waals surface area (Å²) in [7, 11) is -4.22. The van der Waals surface area contributed by atoms with Gasteiger partial charge in [0.05, 0.1) is 0 Å². The van der Waals surface area contributed by atoms with Gasteiger partial charge in [-0.25, -0.2) is 0 Å². The number of carbonyl (C=O) groups excluding carboxylic acids is 1. The van der Waals surface area contributed by atoms with Crippen molar-refractivity contribution in [1.82, 2.24) is 0 Å². The van der Waals surface area contributed by atoms with E-state index in [1.807, 2.05) is 13.8 Å². The fraction of sp³-hybridized carbons (Fsp3) is 0.889. The van der Waals surface area contributed by atoms with Crippen molar-refractivity contribution in [2.45, 2.75) is 143 Å². The van der Waals surface area contributed by atoms with E-state index < -0.39 is 28.8 Å². The first-order valence-electron chi connectivity index (χ1n) is 13.1. The third kappa shape index (κ3) is 8.58. The van der Waals surface area contributed by atoms with Crippen LogP contribution in [0.1, 0.15) is 90.0 Å². The molecule has 0 saturated heterocycles. The maximum absolute atomic E-state index is 12.8. The van der Waals surface area contributed by atoms with Crippen LogP contribution in [-0.4, -0.2) is 50.9 Å². The fourth-order valence-electron chi connectivity index (χ4n) is 4.78. The average Bonchev–Trinajstić information content (AvgIpc) is 2.66. The van der Waals surface area contributed by atoms with Gasteiger partial charge in [-0.05, 0) is 65.8 Å². The minimum Gasteiger partial charge on any atom is -0.414 e. The monoisotopic (exact) mass is 532 g/mol. The second-order valence-corrected chi connectivity index (χ2v) is 23.8. The van der Waals surface area contributed by atoms with Crippen LogP contribution in [0, 0.1) is 5.92 Å².